The van der Waals surface area contributed by atoms with Gasteiger partial charge < -0.3 is 15.7 Å². The van der Waals surface area contributed by atoms with Gasteiger partial charge in [-0.2, -0.15) is 0 Å². The van der Waals surface area contributed by atoms with E-state index in [1.807, 2.05) is 37.3 Å². The number of aliphatic carboxylic acids is 1. The minimum absolute atomic E-state index is 0.0264. The van der Waals surface area contributed by atoms with Crippen LogP contribution < -0.4 is 10.6 Å². The summed E-state index contributed by atoms with van der Waals surface area (Å²) >= 11 is 6.05. The molecule has 0 aliphatic heterocycles. The molecule has 6 nitrogen and oxygen atoms in total. The number of nitrogens with one attached hydrogen (secondary N) is 2. The van der Waals surface area contributed by atoms with Crippen LogP contribution in [-0.4, -0.2) is 28.9 Å². The van der Waals surface area contributed by atoms with Gasteiger partial charge >= 0.3 is 5.97 Å². The number of carboxylic acid groups (broad SMARTS) is 1. The van der Waals surface area contributed by atoms with Crippen LogP contribution in [-0.2, 0) is 20.8 Å². The summed E-state index contributed by atoms with van der Waals surface area (Å²) in [6.07, 6.45) is -0.0565. The third kappa shape index (κ3) is 6.70. The second-order valence-electron chi connectivity index (χ2n) is 6.45. The molecule has 2 aromatic rings. The molecule has 0 aromatic heterocycles. The van der Waals surface area contributed by atoms with Crippen LogP contribution in [0.3, 0.4) is 0 Å². The summed E-state index contributed by atoms with van der Waals surface area (Å²) in [4.78, 5) is 35.6. The zero-order valence-electron chi connectivity index (χ0n) is 15.5. The van der Waals surface area contributed by atoms with Crippen molar-refractivity contribution >= 4 is 29.4 Å². The highest BCUT2D eigenvalue weighted by molar-refractivity contribution is 6.31. The highest BCUT2D eigenvalue weighted by Crippen LogP contribution is 2.17. The number of hydrogen-bond acceptors (Lipinski definition) is 3. The third-order valence-corrected chi connectivity index (χ3v) is 4.64. The number of benzene rings is 2. The molecular weight excluding hydrogens is 380 g/mol. The van der Waals surface area contributed by atoms with Gasteiger partial charge in [0.1, 0.15) is 6.04 Å². The predicted octanol–water partition coefficient (Wildman–Crippen LogP) is 3.11. The molecule has 0 bridgehead atoms. The minimum atomic E-state index is -1.16. The maximum atomic E-state index is 12.1. The molecule has 0 unspecified atom stereocenters. The number of carbonyl (C=O) groups is 3. The molecule has 28 heavy (non-hydrogen) atoms. The quantitative estimate of drug-likeness (QED) is 0.600. The molecule has 0 saturated heterocycles. The van der Waals surface area contributed by atoms with E-state index in [0.717, 1.165) is 5.56 Å². The number of carbonyl (C=O) groups excluding carboxylic acids is 2. The maximum Gasteiger partial charge on any atom is 0.326 e. The lowest BCUT2D eigenvalue weighted by Crippen LogP contribution is -2.42. The third-order valence-electron chi connectivity index (χ3n) is 4.27. The SMILES string of the molecule is C[C@@H](NC(=O)CCC(=O)N[C@H](Cc1ccccc1Cl)C(=O)O)c1ccccc1. The summed E-state index contributed by atoms with van der Waals surface area (Å²) in [6.45, 7) is 1.86. The molecule has 2 amide bonds. The molecule has 0 saturated carbocycles. The topological polar surface area (TPSA) is 95.5 Å². The van der Waals surface area contributed by atoms with Gasteiger partial charge in [0.2, 0.25) is 11.8 Å². The molecule has 2 aromatic carbocycles. The molecule has 0 heterocycles. The van der Waals surface area contributed by atoms with Crippen molar-refractivity contribution in [2.75, 3.05) is 0 Å². The van der Waals surface area contributed by atoms with Crippen LogP contribution in [0.5, 0.6) is 0 Å². The smallest absolute Gasteiger partial charge is 0.326 e. The Morgan fingerprint density at radius 1 is 0.929 bits per heavy atom. The lowest BCUT2D eigenvalue weighted by atomic mass is 10.1. The lowest BCUT2D eigenvalue weighted by molar-refractivity contribution is -0.141. The van der Waals surface area contributed by atoms with Crippen LogP contribution in [0.15, 0.2) is 54.6 Å². The Kier molecular flexibility index (Phi) is 8.02. The molecule has 3 N–H and O–H groups in total. The van der Waals surface area contributed by atoms with Crippen molar-refractivity contribution in [1.82, 2.24) is 10.6 Å². The van der Waals surface area contributed by atoms with Crippen LogP contribution in [0, 0.1) is 0 Å². The van der Waals surface area contributed by atoms with Gasteiger partial charge in [0.25, 0.3) is 0 Å². The molecule has 0 spiro atoms. The van der Waals surface area contributed by atoms with Crippen LogP contribution in [0.4, 0.5) is 0 Å². The van der Waals surface area contributed by atoms with Crippen molar-refractivity contribution in [2.45, 2.75) is 38.3 Å². The number of rotatable bonds is 9. The van der Waals surface area contributed by atoms with Crippen LogP contribution in [0.25, 0.3) is 0 Å². The van der Waals surface area contributed by atoms with E-state index in [1.165, 1.54) is 0 Å². The lowest BCUT2D eigenvalue weighted by Gasteiger charge is -2.16. The van der Waals surface area contributed by atoms with Crippen molar-refractivity contribution in [3.8, 4) is 0 Å². The molecular formula is C21H23ClN2O4. The first-order chi connectivity index (χ1) is 13.4. The summed E-state index contributed by atoms with van der Waals surface area (Å²) in [5.41, 5.74) is 1.59. The van der Waals surface area contributed by atoms with Gasteiger partial charge in [-0.25, -0.2) is 4.79 Å². The first-order valence-electron chi connectivity index (χ1n) is 8.96. The monoisotopic (exact) mass is 402 g/mol. The number of carboxylic acids is 1. The fourth-order valence-electron chi connectivity index (χ4n) is 2.72. The largest absolute Gasteiger partial charge is 0.480 e. The zero-order chi connectivity index (χ0) is 20.5. The molecule has 0 aliphatic rings. The van der Waals surface area contributed by atoms with Crippen molar-refractivity contribution in [1.29, 1.82) is 0 Å². The van der Waals surface area contributed by atoms with Gasteiger partial charge in [0, 0.05) is 24.3 Å². The zero-order valence-corrected chi connectivity index (χ0v) is 16.3. The van der Waals surface area contributed by atoms with Gasteiger partial charge in [0.05, 0.1) is 6.04 Å². The van der Waals surface area contributed by atoms with Crippen molar-refractivity contribution in [3.63, 3.8) is 0 Å². The predicted molar refractivity (Wildman–Crippen MR) is 107 cm³/mol. The van der Waals surface area contributed by atoms with Crippen LogP contribution in [0.1, 0.15) is 36.9 Å². The van der Waals surface area contributed by atoms with Crippen molar-refractivity contribution in [3.05, 3.63) is 70.7 Å². The first kappa shape index (κ1) is 21.4. The normalized spacial score (nSPS) is 12.6. The highest BCUT2D eigenvalue weighted by atomic mass is 35.5. The van der Waals surface area contributed by atoms with E-state index >= 15 is 0 Å². The second kappa shape index (κ2) is 10.5. The molecule has 0 radical (unpaired) electrons. The number of hydrogen-bond donors (Lipinski definition) is 3. The summed E-state index contributed by atoms with van der Waals surface area (Å²) in [7, 11) is 0. The fraction of sp³-hybridized carbons (Fsp3) is 0.286. The Morgan fingerprint density at radius 3 is 2.11 bits per heavy atom. The Balaban J connectivity index is 1.83. The van der Waals surface area contributed by atoms with E-state index in [-0.39, 0.29) is 31.2 Å². The Morgan fingerprint density at radius 2 is 1.50 bits per heavy atom. The molecule has 0 aliphatic carbocycles. The summed E-state index contributed by atoms with van der Waals surface area (Å²) < 4.78 is 0. The Bertz CT molecular complexity index is 826. The number of amides is 2. The summed E-state index contributed by atoms with van der Waals surface area (Å²) in [5.74, 6) is -1.93. The average Bonchev–Trinajstić information content (AvgIpc) is 2.68. The van der Waals surface area contributed by atoms with Crippen LogP contribution >= 0.6 is 11.6 Å². The van der Waals surface area contributed by atoms with E-state index in [0.29, 0.717) is 10.6 Å². The van der Waals surface area contributed by atoms with Gasteiger partial charge in [-0.15, -0.1) is 0 Å². The van der Waals surface area contributed by atoms with E-state index in [1.54, 1.807) is 24.3 Å². The van der Waals surface area contributed by atoms with Gasteiger partial charge in [-0.1, -0.05) is 60.1 Å². The maximum absolute atomic E-state index is 12.1. The first-order valence-corrected chi connectivity index (χ1v) is 9.34. The standard InChI is InChI=1S/C21H23ClN2O4/c1-14(15-7-3-2-4-8-15)23-19(25)11-12-20(26)24-18(21(27)28)13-16-9-5-6-10-17(16)22/h2-10,14,18H,11-13H2,1H3,(H,23,25)(H,24,26)(H,27,28)/t14-,18-/m1/s1. The van der Waals surface area contributed by atoms with Gasteiger partial charge in [0.15, 0.2) is 0 Å². The van der Waals surface area contributed by atoms with Crippen molar-refractivity contribution < 1.29 is 19.5 Å². The molecule has 0 fully saturated rings. The molecule has 2 atom stereocenters. The average molecular weight is 403 g/mol. The molecule has 7 heteroatoms. The van der Waals surface area contributed by atoms with E-state index in [9.17, 15) is 19.5 Å². The minimum Gasteiger partial charge on any atom is -0.480 e. The Labute approximate surface area is 168 Å². The van der Waals surface area contributed by atoms with E-state index in [2.05, 4.69) is 10.6 Å². The van der Waals surface area contributed by atoms with Crippen molar-refractivity contribution in [2.24, 2.45) is 0 Å². The van der Waals surface area contributed by atoms with E-state index < -0.39 is 17.9 Å². The summed E-state index contributed by atoms with van der Waals surface area (Å²) in [5, 5.41) is 15.1. The van der Waals surface area contributed by atoms with E-state index in [4.69, 9.17) is 11.6 Å². The highest BCUT2D eigenvalue weighted by Gasteiger charge is 2.22. The molecule has 148 valence electrons. The van der Waals surface area contributed by atoms with Crippen LogP contribution in [0.2, 0.25) is 5.02 Å². The number of halogens is 1. The fourth-order valence-corrected chi connectivity index (χ4v) is 2.93. The molecule has 2 rings (SSSR count). The van der Waals surface area contributed by atoms with Gasteiger partial charge in [-0.3, -0.25) is 9.59 Å². The second-order valence-corrected chi connectivity index (χ2v) is 6.86. The summed E-state index contributed by atoms with van der Waals surface area (Å²) in [6, 6.07) is 15.1. The Hall–Kier alpha value is -2.86. The van der Waals surface area contributed by atoms with Gasteiger partial charge in [-0.05, 0) is 24.1 Å².